The molecule has 1 saturated heterocycles. The fraction of sp³-hybridized carbons (Fsp3) is 0.846. The van der Waals surface area contributed by atoms with Gasteiger partial charge in [0.1, 0.15) is 6.04 Å². The van der Waals surface area contributed by atoms with E-state index in [4.69, 9.17) is 5.11 Å². The molecule has 114 valence electrons. The van der Waals surface area contributed by atoms with Gasteiger partial charge in [-0.1, -0.05) is 0 Å². The van der Waals surface area contributed by atoms with Crippen LogP contribution in [0.15, 0.2) is 0 Å². The number of urea groups is 1. The number of hydrogen-bond acceptors (Lipinski definition) is 4. The van der Waals surface area contributed by atoms with Crippen LogP contribution in [0.2, 0.25) is 0 Å². The number of aliphatic hydroxyl groups is 1. The van der Waals surface area contributed by atoms with E-state index in [-0.39, 0.29) is 25.0 Å². The predicted octanol–water partition coefficient (Wildman–Crippen LogP) is 0.890. The summed E-state index contributed by atoms with van der Waals surface area (Å²) in [5.74, 6) is -1.05. The molecule has 2 aliphatic rings. The van der Waals surface area contributed by atoms with Crippen molar-refractivity contribution in [2.24, 2.45) is 0 Å². The Morgan fingerprint density at radius 1 is 1.25 bits per heavy atom. The molecule has 3 N–H and O–H groups in total. The quantitative estimate of drug-likeness (QED) is 0.720. The number of carboxylic acid groups (broad SMARTS) is 1. The van der Waals surface area contributed by atoms with E-state index in [0.717, 1.165) is 25.7 Å². The normalized spacial score (nSPS) is 34.0. The minimum Gasteiger partial charge on any atom is -0.480 e. The summed E-state index contributed by atoms with van der Waals surface area (Å²) in [4.78, 5) is 24.5. The van der Waals surface area contributed by atoms with Gasteiger partial charge in [0.25, 0.3) is 0 Å². The molecule has 20 heavy (non-hydrogen) atoms. The number of thioether (sulfide) groups is 1. The van der Waals surface area contributed by atoms with Gasteiger partial charge in [0, 0.05) is 24.3 Å². The molecule has 0 unspecified atom stereocenters. The first-order chi connectivity index (χ1) is 9.51. The van der Waals surface area contributed by atoms with Gasteiger partial charge < -0.3 is 20.4 Å². The van der Waals surface area contributed by atoms with Crippen molar-refractivity contribution in [1.82, 2.24) is 10.2 Å². The zero-order valence-electron chi connectivity index (χ0n) is 11.6. The SMILES string of the molecule is CSC1CCC(NC(=O)N2C[C@H](O)C[C@H]2C(=O)O)CC1. The second-order valence-corrected chi connectivity index (χ2v) is 6.69. The lowest BCUT2D eigenvalue weighted by Gasteiger charge is -2.30. The van der Waals surface area contributed by atoms with E-state index in [0.29, 0.717) is 5.25 Å². The van der Waals surface area contributed by atoms with Crippen LogP contribution in [0.4, 0.5) is 4.79 Å². The van der Waals surface area contributed by atoms with E-state index >= 15 is 0 Å². The van der Waals surface area contributed by atoms with Gasteiger partial charge in [0.05, 0.1) is 6.10 Å². The highest BCUT2D eigenvalue weighted by Gasteiger charge is 2.39. The molecule has 1 heterocycles. The Balaban J connectivity index is 1.87. The van der Waals surface area contributed by atoms with E-state index in [1.54, 1.807) is 0 Å². The van der Waals surface area contributed by atoms with E-state index in [1.807, 2.05) is 11.8 Å². The minimum absolute atomic E-state index is 0.100. The predicted molar refractivity (Wildman–Crippen MR) is 76.8 cm³/mol. The highest BCUT2D eigenvalue weighted by molar-refractivity contribution is 7.99. The summed E-state index contributed by atoms with van der Waals surface area (Å²) in [5, 5.41) is 22.2. The molecule has 6 nitrogen and oxygen atoms in total. The van der Waals surface area contributed by atoms with Gasteiger partial charge in [-0.15, -0.1) is 0 Å². The molecule has 1 aliphatic carbocycles. The Bertz CT molecular complexity index is 371. The van der Waals surface area contributed by atoms with Crippen molar-refractivity contribution in [3.05, 3.63) is 0 Å². The fourth-order valence-corrected chi connectivity index (χ4v) is 3.72. The first-order valence-electron chi connectivity index (χ1n) is 7.02. The maximum Gasteiger partial charge on any atom is 0.326 e. The molecule has 0 spiro atoms. The molecule has 1 saturated carbocycles. The average Bonchev–Trinajstić information content (AvgIpc) is 2.82. The van der Waals surface area contributed by atoms with Gasteiger partial charge in [-0.05, 0) is 31.9 Å². The molecular formula is C13H22N2O4S. The zero-order chi connectivity index (χ0) is 14.7. The highest BCUT2D eigenvalue weighted by Crippen LogP contribution is 2.27. The van der Waals surface area contributed by atoms with Crippen molar-refractivity contribution in [1.29, 1.82) is 0 Å². The van der Waals surface area contributed by atoms with Crippen molar-refractivity contribution in [3.63, 3.8) is 0 Å². The molecule has 0 radical (unpaired) electrons. The summed E-state index contributed by atoms with van der Waals surface area (Å²) >= 11 is 1.86. The lowest BCUT2D eigenvalue weighted by atomic mass is 9.95. The van der Waals surface area contributed by atoms with Gasteiger partial charge >= 0.3 is 12.0 Å². The number of nitrogens with one attached hydrogen (secondary N) is 1. The first kappa shape index (κ1) is 15.4. The molecule has 0 aromatic heterocycles. The lowest BCUT2D eigenvalue weighted by molar-refractivity contribution is -0.141. The summed E-state index contributed by atoms with van der Waals surface area (Å²) in [5.41, 5.74) is 0. The average molecular weight is 302 g/mol. The van der Waals surface area contributed by atoms with E-state index in [9.17, 15) is 14.7 Å². The summed E-state index contributed by atoms with van der Waals surface area (Å²) in [6, 6.07) is -1.15. The standard InChI is InChI=1S/C13H22N2O4S/c1-20-10-4-2-8(3-5-10)14-13(19)15-7-9(16)6-11(15)12(17)18/h8-11,16H,2-7H2,1H3,(H,14,19)(H,17,18)/t8?,9-,10?,11+/m1/s1. The summed E-state index contributed by atoms with van der Waals surface area (Å²) in [6.07, 6.45) is 5.51. The molecule has 0 bridgehead atoms. The molecule has 0 aromatic carbocycles. The van der Waals surface area contributed by atoms with Crippen molar-refractivity contribution < 1.29 is 19.8 Å². The van der Waals surface area contributed by atoms with Crippen molar-refractivity contribution in [3.8, 4) is 0 Å². The topological polar surface area (TPSA) is 89.9 Å². The van der Waals surface area contributed by atoms with Crippen LogP contribution in [-0.2, 0) is 4.79 Å². The number of β-amino-alcohol motifs (C(OH)–C–C–N with tert-alkyl or cyclic N) is 1. The molecule has 2 atom stereocenters. The van der Waals surface area contributed by atoms with E-state index in [2.05, 4.69) is 11.6 Å². The van der Waals surface area contributed by atoms with E-state index in [1.165, 1.54) is 4.90 Å². The van der Waals surface area contributed by atoms with Gasteiger partial charge in [-0.3, -0.25) is 0 Å². The van der Waals surface area contributed by atoms with Gasteiger partial charge in [0.15, 0.2) is 0 Å². The van der Waals surface area contributed by atoms with Gasteiger partial charge in [-0.25, -0.2) is 9.59 Å². The Hall–Kier alpha value is -0.950. The molecule has 2 rings (SSSR count). The molecular weight excluding hydrogens is 280 g/mol. The number of carbonyl (C=O) groups is 2. The largest absolute Gasteiger partial charge is 0.480 e. The molecule has 1 aliphatic heterocycles. The third kappa shape index (κ3) is 3.58. The maximum atomic E-state index is 12.2. The zero-order valence-corrected chi connectivity index (χ0v) is 12.4. The van der Waals surface area contributed by atoms with Crippen LogP contribution in [-0.4, -0.2) is 63.4 Å². The number of aliphatic hydroxyl groups excluding tert-OH is 1. The van der Waals surface area contributed by atoms with Crippen LogP contribution in [0.5, 0.6) is 0 Å². The van der Waals surface area contributed by atoms with Crippen LogP contribution < -0.4 is 5.32 Å². The minimum atomic E-state index is -1.05. The number of nitrogens with zero attached hydrogens (tertiary/aromatic N) is 1. The Labute approximate surface area is 122 Å². The fourth-order valence-electron chi connectivity index (χ4n) is 2.97. The van der Waals surface area contributed by atoms with Crippen LogP contribution in [0.1, 0.15) is 32.1 Å². The first-order valence-corrected chi connectivity index (χ1v) is 8.31. The number of aliphatic carboxylic acids is 1. The third-order valence-corrected chi connectivity index (χ3v) is 5.30. The van der Waals surface area contributed by atoms with Crippen molar-refractivity contribution in [2.75, 3.05) is 12.8 Å². The maximum absolute atomic E-state index is 12.2. The number of amides is 2. The number of likely N-dealkylation sites (tertiary alicyclic amines) is 1. The molecule has 2 fully saturated rings. The van der Waals surface area contributed by atoms with Gasteiger partial charge in [-0.2, -0.15) is 11.8 Å². The second-order valence-electron chi connectivity index (χ2n) is 5.55. The number of rotatable bonds is 3. The van der Waals surface area contributed by atoms with Crippen LogP contribution >= 0.6 is 11.8 Å². The molecule has 2 amide bonds. The Kier molecular flexibility index (Phi) is 5.15. The lowest BCUT2D eigenvalue weighted by Crippen LogP contribution is -2.50. The summed E-state index contributed by atoms with van der Waals surface area (Å²) < 4.78 is 0. The third-order valence-electron chi connectivity index (χ3n) is 4.16. The summed E-state index contributed by atoms with van der Waals surface area (Å²) in [7, 11) is 0. The Morgan fingerprint density at radius 2 is 1.90 bits per heavy atom. The number of hydrogen-bond donors (Lipinski definition) is 3. The smallest absolute Gasteiger partial charge is 0.326 e. The van der Waals surface area contributed by atoms with E-state index < -0.39 is 18.1 Å². The second kappa shape index (κ2) is 6.67. The van der Waals surface area contributed by atoms with Crippen LogP contribution in [0.25, 0.3) is 0 Å². The number of carboxylic acids is 1. The monoisotopic (exact) mass is 302 g/mol. The van der Waals surface area contributed by atoms with Gasteiger partial charge in [0.2, 0.25) is 0 Å². The molecule has 0 aromatic rings. The highest BCUT2D eigenvalue weighted by atomic mass is 32.2. The van der Waals surface area contributed by atoms with Crippen molar-refractivity contribution in [2.45, 2.75) is 55.5 Å². The Morgan fingerprint density at radius 3 is 2.45 bits per heavy atom. The van der Waals surface area contributed by atoms with Crippen LogP contribution in [0, 0.1) is 0 Å². The van der Waals surface area contributed by atoms with Crippen LogP contribution in [0.3, 0.4) is 0 Å². The molecule has 7 heteroatoms. The summed E-state index contributed by atoms with van der Waals surface area (Å²) in [6.45, 7) is 0.100. The van der Waals surface area contributed by atoms with Crippen molar-refractivity contribution >= 4 is 23.8 Å². The number of carbonyl (C=O) groups excluding carboxylic acids is 1.